The summed E-state index contributed by atoms with van der Waals surface area (Å²) in [7, 11) is -2.47. The second-order valence-electron chi connectivity index (χ2n) is 6.64. The summed E-state index contributed by atoms with van der Waals surface area (Å²) in [5, 5.41) is 0. The van der Waals surface area contributed by atoms with Crippen LogP contribution in [-0.2, 0) is 19.6 Å². The summed E-state index contributed by atoms with van der Waals surface area (Å²) < 4.78 is 39.1. The first kappa shape index (κ1) is 20.7. The molecule has 150 valence electrons. The maximum atomic E-state index is 12.9. The number of methoxy groups -OCH3 is 1. The predicted octanol–water partition coefficient (Wildman–Crippen LogP) is 3.59. The summed E-state index contributed by atoms with van der Waals surface area (Å²) in [6, 6.07) is 15.5. The number of carbonyl (C=O) groups is 1. The molecule has 2 aromatic rings. The monoisotopic (exact) mass is 421 g/mol. The Labute approximate surface area is 169 Å². The first-order valence-corrected chi connectivity index (χ1v) is 11.6. The van der Waals surface area contributed by atoms with E-state index in [0.29, 0.717) is 24.3 Å². The predicted molar refractivity (Wildman–Crippen MR) is 109 cm³/mol. The average molecular weight is 422 g/mol. The first-order chi connectivity index (χ1) is 13.4. The minimum absolute atomic E-state index is 0.0263. The van der Waals surface area contributed by atoms with E-state index in [2.05, 4.69) is 4.72 Å². The van der Waals surface area contributed by atoms with Crippen LogP contribution in [-0.4, -0.2) is 38.5 Å². The molecule has 0 radical (unpaired) electrons. The van der Waals surface area contributed by atoms with Gasteiger partial charge >= 0.3 is 5.97 Å². The van der Waals surface area contributed by atoms with Crippen molar-refractivity contribution in [1.82, 2.24) is 4.72 Å². The van der Waals surface area contributed by atoms with Gasteiger partial charge in [-0.25, -0.2) is 13.1 Å². The first-order valence-electron chi connectivity index (χ1n) is 8.94. The Morgan fingerprint density at radius 3 is 2.25 bits per heavy atom. The highest BCUT2D eigenvalue weighted by Gasteiger charge is 2.39. The van der Waals surface area contributed by atoms with Crippen LogP contribution in [0.2, 0.25) is 0 Å². The number of nitrogens with one attached hydrogen (secondary N) is 1. The Hall–Kier alpha value is -2.03. The third kappa shape index (κ3) is 5.27. The van der Waals surface area contributed by atoms with Crippen LogP contribution in [0, 0.1) is 0 Å². The van der Waals surface area contributed by atoms with E-state index >= 15 is 0 Å². The molecule has 8 heteroatoms. The number of rotatable bonds is 7. The highest BCUT2D eigenvalue weighted by Crippen LogP contribution is 2.32. The third-order valence-electron chi connectivity index (χ3n) is 4.62. The number of para-hydroxylation sites is 1. The Kier molecular flexibility index (Phi) is 6.64. The van der Waals surface area contributed by atoms with Gasteiger partial charge < -0.3 is 9.47 Å². The van der Waals surface area contributed by atoms with Gasteiger partial charge in [-0.15, -0.1) is 0 Å². The van der Waals surface area contributed by atoms with Crippen LogP contribution < -0.4 is 9.46 Å². The van der Waals surface area contributed by atoms with Crippen molar-refractivity contribution in [2.75, 3.05) is 18.6 Å². The average Bonchev–Trinajstić information content (AvgIpc) is 2.69. The third-order valence-corrected chi connectivity index (χ3v) is 7.20. The number of benzene rings is 2. The normalized spacial score (nSPS) is 16.3. The van der Waals surface area contributed by atoms with E-state index in [9.17, 15) is 13.2 Å². The van der Waals surface area contributed by atoms with Crippen LogP contribution in [0.4, 0.5) is 0 Å². The fourth-order valence-corrected chi connectivity index (χ4v) is 5.81. The molecule has 0 atom stereocenters. The Balaban J connectivity index is 1.76. The zero-order chi connectivity index (χ0) is 20.0. The molecule has 0 unspecified atom stereocenters. The van der Waals surface area contributed by atoms with Crippen molar-refractivity contribution in [3.63, 3.8) is 0 Å². The standard InChI is InChI=1S/C20H23NO5S2/c1-25-19(22)15-20(11-13-27-14-12-20)21-28(23,24)18-9-7-17(8-10-18)26-16-5-3-2-4-6-16/h2-10,21H,11-15H2,1H3. The maximum absolute atomic E-state index is 12.9. The summed E-state index contributed by atoms with van der Waals surface area (Å²) in [5.74, 6) is 2.39. The van der Waals surface area contributed by atoms with Crippen molar-refractivity contribution in [2.24, 2.45) is 0 Å². The number of hydrogen-bond acceptors (Lipinski definition) is 6. The molecule has 6 nitrogen and oxygen atoms in total. The van der Waals surface area contributed by atoms with Crippen molar-refractivity contribution >= 4 is 27.8 Å². The van der Waals surface area contributed by atoms with Gasteiger partial charge in [-0.2, -0.15) is 11.8 Å². The van der Waals surface area contributed by atoms with E-state index in [4.69, 9.17) is 9.47 Å². The number of hydrogen-bond donors (Lipinski definition) is 1. The van der Waals surface area contributed by atoms with Gasteiger partial charge in [0.2, 0.25) is 10.0 Å². The van der Waals surface area contributed by atoms with Crippen LogP contribution in [0.15, 0.2) is 59.5 Å². The molecule has 0 amide bonds. The molecule has 1 aliphatic heterocycles. The summed E-state index contributed by atoms with van der Waals surface area (Å²) in [6.45, 7) is 0. The molecule has 0 bridgehead atoms. The number of carbonyl (C=O) groups excluding carboxylic acids is 1. The molecule has 0 saturated carbocycles. The number of sulfonamides is 1. The molecule has 2 aromatic carbocycles. The van der Waals surface area contributed by atoms with Crippen LogP contribution in [0.3, 0.4) is 0 Å². The van der Waals surface area contributed by atoms with Crippen LogP contribution in [0.1, 0.15) is 19.3 Å². The van der Waals surface area contributed by atoms with Gasteiger partial charge in [0.1, 0.15) is 11.5 Å². The SMILES string of the molecule is COC(=O)CC1(NS(=O)(=O)c2ccc(Oc3ccccc3)cc2)CCSCC1. The van der Waals surface area contributed by atoms with Crippen molar-refractivity contribution in [2.45, 2.75) is 29.7 Å². The van der Waals surface area contributed by atoms with Gasteiger partial charge in [-0.3, -0.25) is 4.79 Å². The van der Waals surface area contributed by atoms with Crippen molar-refractivity contribution < 1.29 is 22.7 Å². The Morgan fingerprint density at radius 2 is 1.64 bits per heavy atom. The van der Waals surface area contributed by atoms with E-state index in [1.165, 1.54) is 19.2 Å². The van der Waals surface area contributed by atoms with E-state index in [-0.39, 0.29) is 11.3 Å². The van der Waals surface area contributed by atoms with E-state index in [1.807, 2.05) is 30.3 Å². The fourth-order valence-electron chi connectivity index (χ4n) is 3.08. The van der Waals surface area contributed by atoms with Crippen molar-refractivity contribution in [3.8, 4) is 11.5 Å². The largest absolute Gasteiger partial charge is 0.469 e. The molecule has 1 aliphatic rings. The lowest BCUT2D eigenvalue weighted by Gasteiger charge is -2.36. The molecular formula is C20H23NO5S2. The minimum atomic E-state index is -3.78. The lowest BCUT2D eigenvalue weighted by atomic mass is 9.90. The number of esters is 1. The zero-order valence-corrected chi connectivity index (χ0v) is 17.2. The van der Waals surface area contributed by atoms with Gasteiger partial charge in [-0.05, 0) is 60.7 Å². The quantitative estimate of drug-likeness (QED) is 0.688. The fraction of sp³-hybridized carbons (Fsp3) is 0.350. The van der Waals surface area contributed by atoms with Crippen molar-refractivity contribution in [3.05, 3.63) is 54.6 Å². The summed E-state index contributed by atoms with van der Waals surface area (Å²) >= 11 is 1.75. The molecule has 0 spiro atoms. The molecule has 28 heavy (non-hydrogen) atoms. The number of thioether (sulfide) groups is 1. The smallest absolute Gasteiger partial charge is 0.307 e. The second-order valence-corrected chi connectivity index (χ2v) is 9.54. The molecule has 1 N–H and O–H groups in total. The topological polar surface area (TPSA) is 81.7 Å². The van der Waals surface area contributed by atoms with E-state index in [0.717, 1.165) is 11.5 Å². The second kappa shape index (κ2) is 8.98. The highest BCUT2D eigenvalue weighted by molar-refractivity contribution is 7.99. The van der Waals surface area contributed by atoms with Crippen molar-refractivity contribution in [1.29, 1.82) is 0 Å². The Morgan fingerprint density at radius 1 is 1.04 bits per heavy atom. The maximum Gasteiger partial charge on any atom is 0.307 e. The van der Waals surface area contributed by atoms with Crippen LogP contribution in [0.25, 0.3) is 0 Å². The lowest BCUT2D eigenvalue weighted by molar-refractivity contribution is -0.142. The molecule has 1 saturated heterocycles. The Bertz CT molecular complexity index is 892. The molecule has 1 fully saturated rings. The minimum Gasteiger partial charge on any atom is -0.469 e. The van der Waals surface area contributed by atoms with E-state index < -0.39 is 21.5 Å². The number of ether oxygens (including phenoxy) is 2. The highest BCUT2D eigenvalue weighted by atomic mass is 32.2. The van der Waals surface area contributed by atoms with Gasteiger partial charge in [0.25, 0.3) is 0 Å². The molecule has 0 aliphatic carbocycles. The molecule has 0 aromatic heterocycles. The summed E-state index contributed by atoms with van der Waals surface area (Å²) in [6.07, 6.45) is 1.20. The molecule has 1 heterocycles. The van der Waals surface area contributed by atoms with Gasteiger partial charge in [0, 0.05) is 5.54 Å². The molecular weight excluding hydrogens is 398 g/mol. The van der Waals surface area contributed by atoms with E-state index in [1.54, 1.807) is 23.9 Å². The summed E-state index contributed by atoms with van der Waals surface area (Å²) in [5.41, 5.74) is -0.809. The zero-order valence-electron chi connectivity index (χ0n) is 15.6. The summed E-state index contributed by atoms with van der Waals surface area (Å²) in [4.78, 5) is 12.0. The van der Waals surface area contributed by atoms with Gasteiger partial charge in [0.05, 0.1) is 18.4 Å². The van der Waals surface area contributed by atoms with Gasteiger partial charge in [-0.1, -0.05) is 18.2 Å². The molecule has 3 rings (SSSR count). The van der Waals surface area contributed by atoms with Crippen LogP contribution in [0.5, 0.6) is 11.5 Å². The lowest BCUT2D eigenvalue weighted by Crippen LogP contribution is -2.52. The van der Waals surface area contributed by atoms with Crippen LogP contribution >= 0.6 is 11.8 Å². The van der Waals surface area contributed by atoms with Gasteiger partial charge in [0.15, 0.2) is 0 Å².